The van der Waals surface area contributed by atoms with E-state index < -0.39 is 5.97 Å². The summed E-state index contributed by atoms with van der Waals surface area (Å²) in [7, 11) is 0. The molecule has 0 amide bonds. The first-order valence-corrected chi connectivity index (χ1v) is 16.8. The molecule has 6 rings (SSSR count). The number of hydrogen-bond acceptors (Lipinski definition) is 8. The monoisotopic (exact) mass is 625 g/mol. The van der Waals surface area contributed by atoms with Gasteiger partial charge in [-0.25, -0.2) is 0 Å². The summed E-state index contributed by atoms with van der Waals surface area (Å²) in [5.41, 5.74) is 1.97. The lowest BCUT2D eigenvalue weighted by Crippen LogP contribution is -2.33. The van der Waals surface area contributed by atoms with Crippen molar-refractivity contribution in [3.63, 3.8) is 0 Å². The Bertz CT molecular complexity index is 1650. The first-order chi connectivity index (χ1) is 21.9. The van der Waals surface area contributed by atoms with Gasteiger partial charge in [-0.1, -0.05) is 25.7 Å². The number of esters is 2. The second-order valence-electron chi connectivity index (χ2n) is 11.9. The van der Waals surface area contributed by atoms with Crippen molar-refractivity contribution in [2.45, 2.75) is 58.3 Å². The van der Waals surface area contributed by atoms with Crippen LogP contribution in [0, 0.1) is 5.92 Å². The third kappa shape index (κ3) is 7.63. The summed E-state index contributed by atoms with van der Waals surface area (Å²) < 4.78 is 17.9. The zero-order valence-corrected chi connectivity index (χ0v) is 26.5. The van der Waals surface area contributed by atoms with Crippen LogP contribution in [0.1, 0.15) is 74.2 Å². The third-order valence-electron chi connectivity index (χ3n) is 8.67. The minimum Gasteiger partial charge on any atom is -0.492 e. The lowest BCUT2D eigenvalue weighted by Gasteiger charge is -2.26. The molecule has 1 saturated carbocycles. The van der Waals surface area contributed by atoms with Gasteiger partial charge < -0.3 is 14.2 Å². The van der Waals surface area contributed by atoms with Crippen LogP contribution in [0.4, 0.5) is 0 Å². The predicted molar refractivity (Wildman–Crippen MR) is 176 cm³/mol. The van der Waals surface area contributed by atoms with Gasteiger partial charge in [0.1, 0.15) is 23.9 Å². The molecule has 1 aliphatic heterocycles. The average Bonchev–Trinajstić information content (AvgIpc) is 3.44. The molecular weight excluding hydrogens is 586 g/mol. The molecule has 2 aliphatic rings. The van der Waals surface area contributed by atoms with Gasteiger partial charge in [0.2, 0.25) is 0 Å². The molecular formula is C37H39NO6S. The van der Waals surface area contributed by atoms with E-state index in [9.17, 15) is 14.4 Å². The molecule has 0 unspecified atom stereocenters. The molecule has 2 heterocycles. The fourth-order valence-corrected chi connectivity index (χ4v) is 7.50. The molecule has 234 valence electrons. The maximum atomic E-state index is 14.1. The van der Waals surface area contributed by atoms with E-state index in [-0.39, 0.29) is 17.7 Å². The van der Waals surface area contributed by atoms with Crippen molar-refractivity contribution in [3.05, 3.63) is 77.9 Å². The topological polar surface area (TPSA) is 82.1 Å². The van der Waals surface area contributed by atoms with Crippen molar-refractivity contribution in [3.8, 4) is 27.7 Å². The van der Waals surface area contributed by atoms with E-state index in [1.165, 1.54) is 43.9 Å². The molecule has 0 N–H and O–H groups in total. The Hall–Kier alpha value is -4.01. The SMILES string of the molecule is CC(=O)Oc1ccc2c(C(=O)c3ccc(OCCN4CCCCC4)cc3)c(-c3ccc(OC(=O)C4CCCCC4)cc3)sc2c1. The van der Waals surface area contributed by atoms with E-state index in [2.05, 4.69) is 4.90 Å². The minimum atomic E-state index is -0.404. The molecule has 1 aromatic heterocycles. The van der Waals surface area contributed by atoms with Crippen LogP contribution in [-0.2, 0) is 9.59 Å². The highest BCUT2D eigenvalue weighted by atomic mass is 32.1. The van der Waals surface area contributed by atoms with Gasteiger partial charge in [-0.05, 0) is 111 Å². The third-order valence-corrected chi connectivity index (χ3v) is 9.87. The smallest absolute Gasteiger partial charge is 0.314 e. The van der Waals surface area contributed by atoms with Crippen molar-refractivity contribution in [1.82, 2.24) is 4.90 Å². The van der Waals surface area contributed by atoms with Crippen LogP contribution in [0.15, 0.2) is 66.7 Å². The Kier molecular flexibility index (Phi) is 9.91. The summed E-state index contributed by atoms with van der Waals surface area (Å²) in [6.45, 7) is 5.14. The zero-order chi connectivity index (χ0) is 31.2. The number of ketones is 1. The first-order valence-electron chi connectivity index (χ1n) is 16.0. The van der Waals surface area contributed by atoms with E-state index >= 15 is 0 Å². The first kappa shape index (κ1) is 31.0. The molecule has 3 aromatic carbocycles. The number of hydrogen-bond donors (Lipinski definition) is 0. The second kappa shape index (κ2) is 14.4. The highest BCUT2D eigenvalue weighted by Crippen LogP contribution is 2.42. The second-order valence-corrected chi connectivity index (χ2v) is 13.0. The summed E-state index contributed by atoms with van der Waals surface area (Å²) in [4.78, 5) is 41.6. The Balaban J connectivity index is 1.24. The van der Waals surface area contributed by atoms with Crippen molar-refractivity contribution < 1.29 is 28.6 Å². The summed E-state index contributed by atoms with van der Waals surface area (Å²) in [6.07, 6.45) is 8.87. The van der Waals surface area contributed by atoms with Gasteiger partial charge in [0.05, 0.1) is 5.92 Å². The molecule has 2 fully saturated rings. The largest absolute Gasteiger partial charge is 0.492 e. The van der Waals surface area contributed by atoms with E-state index in [1.54, 1.807) is 24.3 Å². The number of rotatable bonds is 10. The summed E-state index contributed by atoms with van der Waals surface area (Å²) in [5, 5.41) is 0.783. The lowest BCUT2D eigenvalue weighted by molar-refractivity contribution is -0.140. The van der Waals surface area contributed by atoms with E-state index in [1.807, 2.05) is 42.5 Å². The number of carbonyl (C=O) groups excluding carboxylic acids is 3. The average molecular weight is 626 g/mol. The van der Waals surface area contributed by atoms with Crippen LogP contribution in [0.3, 0.4) is 0 Å². The van der Waals surface area contributed by atoms with Gasteiger partial charge in [0.25, 0.3) is 0 Å². The number of thiophene rings is 1. The van der Waals surface area contributed by atoms with Crippen molar-refractivity contribution in [1.29, 1.82) is 0 Å². The molecule has 45 heavy (non-hydrogen) atoms. The zero-order valence-electron chi connectivity index (χ0n) is 25.7. The molecule has 0 atom stereocenters. The quantitative estimate of drug-likeness (QED) is 0.100. The van der Waals surface area contributed by atoms with Crippen LogP contribution in [0.5, 0.6) is 17.2 Å². The van der Waals surface area contributed by atoms with Crippen molar-refractivity contribution >= 4 is 39.1 Å². The fourth-order valence-electron chi connectivity index (χ4n) is 6.27. The van der Waals surface area contributed by atoms with Gasteiger partial charge >= 0.3 is 11.9 Å². The lowest BCUT2D eigenvalue weighted by atomic mass is 9.89. The Morgan fingerprint density at radius 1 is 0.778 bits per heavy atom. The standard InChI is InChI=1S/C37H39NO6S/c1-25(39)43-31-18-19-32-33(24-31)45-36(27-12-16-30(17-13-27)44-37(41)28-8-4-2-5-9-28)34(32)35(40)26-10-14-29(15-11-26)42-23-22-38-20-6-3-7-21-38/h10-19,24,28H,2-9,20-23H2,1H3. The van der Waals surface area contributed by atoms with Crippen LogP contribution in [0.2, 0.25) is 0 Å². The highest BCUT2D eigenvalue weighted by Gasteiger charge is 2.25. The summed E-state index contributed by atoms with van der Waals surface area (Å²) in [6, 6.07) is 20.0. The predicted octanol–water partition coefficient (Wildman–Crippen LogP) is 8.08. The van der Waals surface area contributed by atoms with Gasteiger partial charge in [0.15, 0.2) is 5.78 Å². The van der Waals surface area contributed by atoms with Crippen LogP contribution < -0.4 is 14.2 Å². The van der Waals surface area contributed by atoms with Crippen LogP contribution in [0.25, 0.3) is 20.5 Å². The number of piperidine rings is 1. The molecule has 7 nitrogen and oxygen atoms in total. The van der Waals surface area contributed by atoms with E-state index in [0.717, 1.165) is 71.6 Å². The number of nitrogens with zero attached hydrogens (tertiary/aromatic N) is 1. The van der Waals surface area contributed by atoms with Gasteiger partial charge in [0, 0.05) is 39.6 Å². The molecule has 0 bridgehead atoms. The van der Waals surface area contributed by atoms with Gasteiger partial charge in [-0.3, -0.25) is 19.3 Å². The van der Waals surface area contributed by atoms with Crippen LogP contribution in [-0.4, -0.2) is 48.9 Å². The molecule has 8 heteroatoms. The van der Waals surface area contributed by atoms with Crippen molar-refractivity contribution in [2.24, 2.45) is 5.92 Å². The van der Waals surface area contributed by atoms with E-state index in [4.69, 9.17) is 14.2 Å². The number of ether oxygens (including phenoxy) is 3. The number of fused-ring (bicyclic) bond motifs is 1. The summed E-state index contributed by atoms with van der Waals surface area (Å²) in [5.74, 6) is 0.945. The Labute approximate surface area is 268 Å². The molecule has 4 aromatic rings. The minimum absolute atomic E-state index is 0.0388. The maximum absolute atomic E-state index is 14.1. The molecule has 1 aliphatic carbocycles. The maximum Gasteiger partial charge on any atom is 0.314 e. The highest BCUT2D eigenvalue weighted by molar-refractivity contribution is 7.22. The Morgan fingerprint density at radius 2 is 1.44 bits per heavy atom. The van der Waals surface area contributed by atoms with Gasteiger partial charge in [-0.2, -0.15) is 0 Å². The molecule has 0 spiro atoms. The molecule has 1 saturated heterocycles. The number of likely N-dealkylation sites (tertiary alicyclic amines) is 1. The van der Waals surface area contributed by atoms with E-state index in [0.29, 0.717) is 29.2 Å². The number of benzene rings is 3. The fraction of sp³-hybridized carbons (Fsp3) is 0.378. The number of carbonyl (C=O) groups is 3. The van der Waals surface area contributed by atoms with Crippen molar-refractivity contribution in [2.75, 3.05) is 26.2 Å². The summed E-state index contributed by atoms with van der Waals surface area (Å²) >= 11 is 1.46. The van der Waals surface area contributed by atoms with Crippen LogP contribution >= 0.6 is 11.3 Å². The Morgan fingerprint density at radius 3 is 2.16 bits per heavy atom. The normalized spacial score (nSPS) is 15.9. The van der Waals surface area contributed by atoms with Gasteiger partial charge in [-0.15, -0.1) is 11.3 Å². The molecule has 0 radical (unpaired) electrons.